The van der Waals surface area contributed by atoms with Crippen molar-refractivity contribution < 1.29 is 14.3 Å². The standard InChI is InChI=1S/C19H20N2O3/c1-23-17-8-9-18(24-2)16(11-17)13-21-19(22)10-7-14-3-5-15(12-20)6-4-14/h3-6,8-9,11H,7,10,13H2,1-2H3,(H,21,22). The number of amides is 1. The molecule has 0 aromatic heterocycles. The maximum absolute atomic E-state index is 12.0. The maximum atomic E-state index is 12.0. The van der Waals surface area contributed by atoms with Gasteiger partial charge >= 0.3 is 0 Å². The van der Waals surface area contributed by atoms with Crippen LogP contribution in [0.25, 0.3) is 0 Å². The molecule has 0 bridgehead atoms. The molecule has 0 atom stereocenters. The minimum absolute atomic E-state index is 0.0377. The van der Waals surface area contributed by atoms with E-state index < -0.39 is 0 Å². The first-order chi connectivity index (χ1) is 11.7. The first-order valence-electron chi connectivity index (χ1n) is 7.63. The lowest BCUT2D eigenvalue weighted by Crippen LogP contribution is -2.23. The summed E-state index contributed by atoms with van der Waals surface area (Å²) in [5.41, 5.74) is 2.51. The zero-order valence-electron chi connectivity index (χ0n) is 13.8. The Labute approximate surface area is 141 Å². The Morgan fingerprint density at radius 1 is 1.12 bits per heavy atom. The molecule has 0 saturated carbocycles. The zero-order chi connectivity index (χ0) is 17.4. The van der Waals surface area contributed by atoms with Crippen molar-refractivity contribution >= 4 is 5.91 Å². The number of rotatable bonds is 7. The van der Waals surface area contributed by atoms with Crippen molar-refractivity contribution in [2.45, 2.75) is 19.4 Å². The number of hydrogen-bond donors (Lipinski definition) is 1. The molecule has 0 unspecified atom stereocenters. The third kappa shape index (κ3) is 4.75. The van der Waals surface area contributed by atoms with Crippen LogP contribution < -0.4 is 14.8 Å². The molecule has 5 nitrogen and oxygen atoms in total. The average Bonchev–Trinajstić information content (AvgIpc) is 2.64. The van der Waals surface area contributed by atoms with E-state index in [-0.39, 0.29) is 5.91 Å². The molecular formula is C19H20N2O3. The van der Waals surface area contributed by atoms with Gasteiger partial charge in [-0.05, 0) is 42.3 Å². The molecule has 0 spiro atoms. The molecule has 2 aromatic rings. The molecular weight excluding hydrogens is 304 g/mol. The zero-order valence-corrected chi connectivity index (χ0v) is 13.8. The molecule has 124 valence electrons. The third-order valence-corrected chi connectivity index (χ3v) is 3.69. The van der Waals surface area contributed by atoms with Crippen LogP contribution >= 0.6 is 0 Å². The van der Waals surface area contributed by atoms with E-state index in [1.165, 1.54) is 0 Å². The maximum Gasteiger partial charge on any atom is 0.220 e. The van der Waals surface area contributed by atoms with Crippen molar-refractivity contribution in [2.75, 3.05) is 14.2 Å². The lowest BCUT2D eigenvalue weighted by atomic mass is 10.1. The number of hydrogen-bond acceptors (Lipinski definition) is 4. The number of benzene rings is 2. The summed E-state index contributed by atoms with van der Waals surface area (Å²) in [5, 5.41) is 11.7. The van der Waals surface area contributed by atoms with Gasteiger partial charge in [-0.3, -0.25) is 4.79 Å². The summed E-state index contributed by atoms with van der Waals surface area (Å²) in [5.74, 6) is 1.39. The normalized spacial score (nSPS) is 9.88. The van der Waals surface area contributed by atoms with Crippen LogP contribution in [0.15, 0.2) is 42.5 Å². The number of carbonyl (C=O) groups is 1. The number of carbonyl (C=O) groups excluding carboxylic acids is 1. The monoisotopic (exact) mass is 324 g/mol. The fourth-order valence-corrected chi connectivity index (χ4v) is 2.31. The van der Waals surface area contributed by atoms with E-state index in [9.17, 15) is 4.79 Å². The van der Waals surface area contributed by atoms with Gasteiger partial charge in [0.15, 0.2) is 0 Å². The molecule has 5 heteroatoms. The second-order valence-electron chi connectivity index (χ2n) is 5.26. The Hall–Kier alpha value is -3.00. The van der Waals surface area contributed by atoms with Crippen LogP contribution in [0.2, 0.25) is 0 Å². The van der Waals surface area contributed by atoms with Crippen LogP contribution in [0, 0.1) is 11.3 Å². The van der Waals surface area contributed by atoms with Crippen LogP contribution in [-0.2, 0) is 17.8 Å². The van der Waals surface area contributed by atoms with Crippen molar-refractivity contribution in [3.05, 3.63) is 59.2 Å². The van der Waals surface area contributed by atoms with E-state index in [4.69, 9.17) is 14.7 Å². The molecule has 2 aromatic carbocycles. The molecule has 0 heterocycles. The number of nitrogens with zero attached hydrogens (tertiary/aromatic N) is 1. The number of methoxy groups -OCH3 is 2. The lowest BCUT2D eigenvalue weighted by Gasteiger charge is -2.11. The summed E-state index contributed by atoms with van der Waals surface area (Å²) in [6.07, 6.45) is 1.02. The Kier molecular flexibility index (Phi) is 6.21. The quantitative estimate of drug-likeness (QED) is 0.850. The van der Waals surface area contributed by atoms with Crippen molar-refractivity contribution in [1.82, 2.24) is 5.32 Å². The van der Waals surface area contributed by atoms with E-state index in [0.717, 1.165) is 16.9 Å². The highest BCUT2D eigenvalue weighted by Gasteiger charge is 2.08. The highest BCUT2D eigenvalue weighted by Crippen LogP contribution is 2.23. The van der Waals surface area contributed by atoms with Crippen LogP contribution in [0.3, 0.4) is 0 Å². The fourth-order valence-electron chi connectivity index (χ4n) is 2.31. The number of ether oxygens (including phenoxy) is 2. The SMILES string of the molecule is COc1ccc(OC)c(CNC(=O)CCc2ccc(C#N)cc2)c1. The van der Waals surface area contributed by atoms with Crippen LogP contribution in [-0.4, -0.2) is 20.1 Å². The van der Waals surface area contributed by atoms with E-state index in [1.807, 2.05) is 30.3 Å². The topological polar surface area (TPSA) is 71.3 Å². The molecule has 2 rings (SSSR count). The molecule has 24 heavy (non-hydrogen) atoms. The van der Waals surface area contributed by atoms with E-state index >= 15 is 0 Å². The second kappa shape index (κ2) is 8.59. The minimum Gasteiger partial charge on any atom is -0.497 e. The van der Waals surface area contributed by atoms with Gasteiger partial charge in [0, 0.05) is 18.5 Å². The van der Waals surface area contributed by atoms with Crippen molar-refractivity contribution in [3.8, 4) is 17.6 Å². The second-order valence-corrected chi connectivity index (χ2v) is 5.26. The van der Waals surface area contributed by atoms with Gasteiger partial charge in [-0.1, -0.05) is 12.1 Å². The molecule has 0 aliphatic carbocycles. The van der Waals surface area contributed by atoms with Crippen LogP contribution in [0.4, 0.5) is 0 Å². The lowest BCUT2D eigenvalue weighted by molar-refractivity contribution is -0.121. The Morgan fingerprint density at radius 2 is 1.88 bits per heavy atom. The van der Waals surface area contributed by atoms with Gasteiger partial charge in [0.05, 0.1) is 25.9 Å². The van der Waals surface area contributed by atoms with E-state index in [0.29, 0.717) is 30.7 Å². The number of nitrogens with one attached hydrogen (secondary N) is 1. The molecule has 0 saturated heterocycles. The fraction of sp³-hybridized carbons (Fsp3) is 0.263. The molecule has 0 fully saturated rings. The highest BCUT2D eigenvalue weighted by atomic mass is 16.5. The highest BCUT2D eigenvalue weighted by molar-refractivity contribution is 5.76. The van der Waals surface area contributed by atoms with Gasteiger partial charge in [0.1, 0.15) is 11.5 Å². The van der Waals surface area contributed by atoms with Gasteiger partial charge in [0.2, 0.25) is 5.91 Å². The summed E-state index contributed by atoms with van der Waals surface area (Å²) in [7, 11) is 3.19. The summed E-state index contributed by atoms with van der Waals surface area (Å²) < 4.78 is 10.5. The Bertz CT molecular complexity index is 733. The van der Waals surface area contributed by atoms with Crippen molar-refractivity contribution in [3.63, 3.8) is 0 Å². The van der Waals surface area contributed by atoms with Gasteiger partial charge in [-0.2, -0.15) is 5.26 Å². The first kappa shape index (κ1) is 17.4. The number of aryl methyl sites for hydroxylation is 1. The largest absolute Gasteiger partial charge is 0.497 e. The summed E-state index contributed by atoms with van der Waals surface area (Å²) in [6, 6.07) is 14.8. The first-order valence-corrected chi connectivity index (χ1v) is 7.63. The van der Waals surface area contributed by atoms with Gasteiger partial charge < -0.3 is 14.8 Å². The minimum atomic E-state index is -0.0377. The van der Waals surface area contributed by atoms with Gasteiger partial charge in [0.25, 0.3) is 0 Å². The van der Waals surface area contributed by atoms with Gasteiger partial charge in [-0.25, -0.2) is 0 Å². The predicted molar refractivity (Wildman–Crippen MR) is 90.9 cm³/mol. The summed E-state index contributed by atoms with van der Waals surface area (Å²) in [4.78, 5) is 12.0. The number of nitriles is 1. The van der Waals surface area contributed by atoms with E-state index in [2.05, 4.69) is 11.4 Å². The molecule has 0 aliphatic heterocycles. The molecule has 0 radical (unpaired) electrons. The van der Waals surface area contributed by atoms with Crippen LogP contribution in [0.1, 0.15) is 23.1 Å². The average molecular weight is 324 g/mol. The summed E-state index contributed by atoms with van der Waals surface area (Å²) >= 11 is 0. The molecule has 0 aliphatic rings. The molecule has 1 amide bonds. The Balaban J connectivity index is 1.87. The van der Waals surface area contributed by atoms with Crippen molar-refractivity contribution in [2.24, 2.45) is 0 Å². The van der Waals surface area contributed by atoms with Gasteiger partial charge in [-0.15, -0.1) is 0 Å². The third-order valence-electron chi connectivity index (χ3n) is 3.69. The molecule has 1 N–H and O–H groups in total. The van der Waals surface area contributed by atoms with Crippen molar-refractivity contribution in [1.29, 1.82) is 5.26 Å². The van der Waals surface area contributed by atoms with Crippen LogP contribution in [0.5, 0.6) is 11.5 Å². The Morgan fingerprint density at radius 3 is 2.50 bits per heavy atom. The predicted octanol–water partition coefficient (Wildman–Crippen LogP) is 2.82. The smallest absolute Gasteiger partial charge is 0.220 e. The van der Waals surface area contributed by atoms with E-state index in [1.54, 1.807) is 26.4 Å². The summed E-state index contributed by atoms with van der Waals surface area (Å²) in [6.45, 7) is 0.382.